The first-order chi connectivity index (χ1) is 15.2. The number of nitrogen functional groups attached to an aromatic ring is 1. The van der Waals surface area contributed by atoms with Crippen LogP contribution in [0.3, 0.4) is 0 Å². The number of fused-ring (bicyclic) bond motifs is 3. The maximum atomic E-state index is 6.15. The van der Waals surface area contributed by atoms with Crippen LogP contribution in [0.1, 0.15) is 16.8 Å². The second-order valence-corrected chi connectivity index (χ2v) is 8.39. The molecule has 2 N–H and O–H groups in total. The Morgan fingerprint density at radius 3 is 2.55 bits per heavy atom. The van der Waals surface area contributed by atoms with E-state index in [2.05, 4.69) is 76.0 Å². The number of hydrogen-bond donors (Lipinski definition) is 1. The molecule has 2 aromatic heterocycles. The monoisotopic (exact) mass is 404 g/mol. The van der Waals surface area contributed by atoms with Gasteiger partial charge in [0.25, 0.3) is 0 Å². The molecular formula is C27H24N4. The molecule has 0 radical (unpaired) electrons. The molecule has 0 atom stereocenters. The van der Waals surface area contributed by atoms with Gasteiger partial charge in [-0.15, -0.1) is 0 Å². The molecule has 0 saturated heterocycles. The average Bonchev–Trinajstić information content (AvgIpc) is 3.16. The number of anilines is 1. The predicted octanol–water partition coefficient (Wildman–Crippen LogP) is 5.30. The first-order valence-corrected chi connectivity index (χ1v) is 10.8. The normalized spacial score (nSPS) is 14.2. The van der Waals surface area contributed by atoms with Gasteiger partial charge >= 0.3 is 0 Å². The maximum absolute atomic E-state index is 6.15. The summed E-state index contributed by atoms with van der Waals surface area (Å²) in [7, 11) is 0. The zero-order valence-corrected chi connectivity index (χ0v) is 17.3. The fourth-order valence-electron chi connectivity index (χ4n) is 4.73. The lowest BCUT2D eigenvalue weighted by Crippen LogP contribution is -2.30. The van der Waals surface area contributed by atoms with Crippen molar-refractivity contribution in [1.29, 1.82) is 0 Å². The van der Waals surface area contributed by atoms with Gasteiger partial charge < -0.3 is 10.1 Å². The maximum Gasteiger partial charge on any atom is 0.137 e. The Morgan fingerprint density at radius 1 is 0.839 bits per heavy atom. The Hall–Kier alpha value is -3.63. The summed E-state index contributed by atoms with van der Waals surface area (Å²) < 4.78 is 2.17. The number of benzene rings is 3. The SMILES string of the molecule is Nc1ccc2nc(-c3ccc4ccccc4c3)c(CN3CCc4ccccc4C3)n2c1. The highest BCUT2D eigenvalue weighted by Gasteiger charge is 2.21. The molecule has 5 aromatic rings. The Morgan fingerprint density at radius 2 is 1.65 bits per heavy atom. The fraction of sp³-hybridized carbons (Fsp3) is 0.148. The molecule has 152 valence electrons. The van der Waals surface area contributed by atoms with Gasteiger partial charge in [0.2, 0.25) is 0 Å². The molecule has 1 aliphatic rings. The van der Waals surface area contributed by atoms with E-state index in [9.17, 15) is 0 Å². The molecule has 0 unspecified atom stereocenters. The Balaban J connectivity index is 1.45. The second kappa shape index (κ2) is 7.25. The Labute approximate surface area is 181 Å². The molecule has 4 heteroatoms. The van der Waals surface area contributed by atoms with Crippen molar-refractivity contribution >= 4 is 22.1 Å². The first-order valence-electron chi connectivity index (χ1n) is 10.8. The summed E-state index contributed by atoms with van der Waals surface area (Å²) in [4.78, 5) is 7.53. The van der Waals surface area contributed by atoms with Crippen LogP contribution in [-0.4, -0.2) is 20.8 Å². The van der Waals surface area contributed by atoms with Gasteiger partial charge in [-0.05, 0) is 46.5 Å². The van der Waals surface area contributed by atoms with Crippen molar-refractivity contribution in [2.24, 2.45) is 0 Å². The topological polar surface area (TPSA) is 46.6 Å². The van der Waals surface area contributed by atoms with Crippen LogP contribution in [0.5, 0.6) is 0 Å². The molecule has 1 aliphatic heterocycles. The van der Waals surface area contributed by atoms with E-state index in [1.807, 2.05) is 18.3 Å². The summed E-state index contributed by atoms with van der Waals surface area (Å²) in [5.74, 6) is 0. The third kappa shape index (κ3) is 3.25. The highest BCUT2D eigenvalue weighted by Crippen LogP contribution is 2.30. The molecule has 31 heavy (non-hydrogen) atoms. The summed E-state index contributed by atoms with van der Waals surface area (Å²) >= 11 is 0. The van der Waals surface area contributed by atoms with Crippen LogP contribution in [0.15, 0.2) is 85.1 Å². The summed E-state index contributed by atoms with van der Waals surface area (Å²) in [6.45, 7) is 2.84. The minimum atomic E-state index is 0.750. The summed E-state index contributed by atoms with van der Waals surface area (Å²) in [6.07, 6.45) is 3.08. The largest absolute Gasteiger partial charge is 0.398 e. The smallest absolute Gasteiger partial charge is 0.137 e. The van der Waals surface area contributed by atoms with Crippen LogP contribution in [0.25, 0.3) is 27.7 Å². The summed E-state index contributed by atoms with van der Waals surface area (Å²) in [5, 5.41) is 2.47. The number of rotatable bonds is 3. The van der Waals surface area contributed by atoms with E-state index in [1.54, 1.807) is 0 Å². The van der Waals surface area contributed by atoms with Gasteiger partial charge in [0.15, 0.2) is 0 Å². The van der Waals surface area contributed by atoms with E-state index in [0.717, 1.165) is 48.6 Å². The molecule has 0 aliphatic carbocycles. The summed E-state index contributed by atoms with van der Waals surface area (Å²) in [5.41, 5.74) is 14.1. The van der Waals surface area contributed by atoms with Crippen molar-refractivity contribution in [2.45, 2.75) is 19.5 Å². The van der Waals surface area contributed by atoms with Crippen molar-refractivity contribution in [1.82, 2.24) is 14.3 Å². The lowest BCUT2D eigenvalue weighted by Gasteiger charge is -2.28. The first kappa shape index (κ1) is 18.2. The quantitative estimate of drug-likeness (QED) is 0.444. The molecule has 3 heterocycles. The van der Waals surface area contributed by atoms with Crippen molar-refractivity contribution in [3.63, 3.8) is 0 Å². The minimum absolute atomic E-state index is 0.750. The van der Waals surface area contributed by atoms with Gasteiger partial charge in [0.05, 0.1) is 11.4 Å². The zero-order chi connectivity index (χ0) is 20.8. The van der Waals surface area contributed by atoms with E-state index in [-0.39, 0.29) is 0 Å². The highest BCUT2D eigenvalue weighted by atomic mass is 15.2. The van der Waals surface area contributed by atoms with Gasteiger partial charge in [-0.1, -0.05) is 60.7 Å². The van der Waals surface area contributed by atoms with Gasteiger partial charge in [0.1, 0.15) is 5.65 Å². The standard InChI is InChI=1S/C27H24N4/c28-24-11-12-26-29-27(22-10-9-19-5-1-3-7-21(19)15-22)25(31(26)17-24)18-30-14-13-20-6-2-4-8-23(20)16-30/h1-12,15,17H,13-14,16,18,28H2. The molecule has 6 rings (SSSR count). The molecule has 0 spiro atoms. The number of imidazole rings is 1. The average molecular weight is 405 g/mol. The fourth-order valence-corrected chi connectivity index (χ4v) is 4.73. The van der Waals surface area contributed by atoms with E-state index < -0.39 is 0 Å². The Kier molecular flexibility index (Phi) is 4.25. The summed E-state index contributed by atoms with van der Waals surface area (Å²) in [6, 6.07) is 27.8. The molecule has 0 saturated carbocycles. The van der Waals surface area contributed by atoms with Crippen LogP contribution in [0, 0.1) is 0 Å². The van der Waals surface area contributed by atoms with Crippen LogP contribution >= 0.6 is 0 Å². The highest BCUT2D eigenvalue weighted by molar-refractivity contribution is 5.87. The molecule has 0 amide bonds. The number of pyridine rings is 1. The van der Waals surface area contributed by atoms with Crippen LogP contribution in [-0.2, 0) is 19.5 Å². The van der Waals surface area contributed by atoms with Crippen LogP contribution < -0.4 is 5.73 Å². The van der Waals surface area contributed by atoms with E-state index >= 15 is 0 Å². The van der Waals surface area contributed by atoms with Crippen LogP contribution in [0.2, 0.25) is 0 Å². The van der Waals surface area contributed by atoms with Crippen molar-refractivity contribution < 1.29 is 0 Å². The molecule has 0 bridgehead atoms. The van der Waals surface area contributed by atoms with E-state index in [0.29, 0.717) is 0 Å². The lowest BCUT2D eigenvalue weighted by molar-refractivity contribution is 0.242. The molecular weight excluding hydrogens is 380 g/mol. The van der Waals surface area contributed by atoms with Crippen molar-refractivity contribution in [3.8, 4) is 11.3 Å². The van der Waals surface area contributed by atoms with Crippen molar-refractivity contribution in [2.75, 3.05) is 12.3 Å². The minimum Gasteiger partial charge on any atom is -0.398 e. The lowest BCUT2D eigenvalue weighted by atomic mass is 9.99. The van der Waals surface area contributed by atoms with Crippen molar-refractivity contribution in [3.05, 3.63) is 102 Å². The van der Waals surface area contributed by atoms with Gasteiger partial charge in [-0.3, -0.25) is 4.90 Å². The zero-order valence-electron chi connectivity index (χ0n) is 17.3. The second-order valence-electron chi connectivity index (χ2n) is 8.39. The third-order valence-electron chi connectivity index (χ3n) is 6.35. The van der Waals surface area contributed by atoms with Crippen LogP contribution in [0.4, 0.5) is 5.69 Å². The Bertz CT molecular complexity index is 1420. The van der Waals surface area contributed by atoms with Gasteiger partial charge in [-0.2, -0.15) is 0 Å². The van der Waals surface area contributed by atoms with Gasteiger partial charge in [0, 0.05) is 37.1 Å². The third-order valence-corrected chi connectivity index (χ3v) is 6.35. The number of aromatic nitrogens is 2. The molecule has 4 nitrogen and oxygen atoms in total. The van der Waals surface area contributed by atoms with E-state index in [4.69, 9.17) is 10.7 Å². The number of hydrogen-bond acceptors (Lipinski definition) is 3. The number of nitrogens with two attached hydrogens (primary N) is 1. The van der Waals surface area contributed by atoms with E-state index in [1.165, 1.54) is 27.6 Å². The molecule has 0 fully saturated rings. The molecule has 3 aromatic carbocycles. The van der Waals surface area contributed by atoms with Gasteiger partial charge in [-0.25, -0.2) is 4.98 Å². The number of nitrogens with zero attached hydrogens (tertiary/aromatic N) is 3. The predicted molar refractivity (Wildman–Crippen MR) is 127 cm³/mol.